The minimum absolute atomic E-state index is 0.0178. The van der Waals surface area contributed by atoms with Crippen LogP contribution >= 0.6 is 0 Å². The molecule has 3 nitrogen and oxygen atoms in total. The van der Waals surface area contributed by atoms with Gasteiger partial charge in [-0.05, 0) is 52.0 Å². The first-order valence-corrected chi connectivity index (χ1v) is 6.40. The Morgan fingerprint density at radius 1 is 1.35 bits per heavy atom. The highest BCUT2D eigenvalue weighted by Gasteiger charge is 2.55. The normalized spacial score (nSPS) is 39.2. The maximum Gasteiger partial charge on any atom is 0.284 e. The van der Waals surface area contributed by atoms with Crippen molar-refractivity contribution in [3.8, 4) is 5.95 Å². The molecule has 3 heterocycles. The highest BCUT2D eigenvalue weighted by Crippen LogP contribution is 2.50. The second kappa shape index (κ2) is 3.52. The molecule has 17 heavy (non-hydrogen) atoms. The summed E-state index contributed by atoms with van der Waals surface area (Å²) in [6.07, 6.45) is 5.13. The van der Waals surface area contributed by atoms with E-state index in [4.69, 9.17) is 13.9 Å². The molecule has 94 valence electrons. The third kappa shape index (κ3) is 1.77. The number of rotatable bonds is 2. The molecule has 3 unspecified atom stereocenters. The average molecular weight is 236 g/mol. The van der Waals surface area contributed by atoms with Crippen molar-refractivity contribution < 1.29 is 13.9 Å². The summed E-state index contributed by atoms with van der Waals surface area (Å²) in [6.45, 7) is 6.55. The van der Waals surface area contributed by atoms with Crippen LogP contribution in [0.5, 0.6) is 5.95 Å². The maximum atomic E-state index is 6.25. The summed E-state index contributed by atoms with van der Waals surface area (Å²) < 4.78 is 17.5. The minimum atomic E-state index is -0.176. The van der Waals surface area contributed by atoms with E-state index in [9.17, 15) is 0 Å². The third-order valence-corrected chi connectivity index (χ3v) is 4.40. The monoisotopic (exact) mass is 236 g/mol. The number of ether oxygens (including phenoxy) is 2. The summed E-state index contributed by atoms with van der Waals surface area (Å²) >= 11 is 0. The Morgan fingerprint density at radius 2 is 2.18 bits per heavy atom. The molecule has 0 radical (unpaired) electrons. The highest BCUT2D eigenvalue weighted by atomic mass is 16.6. The van der Waals surface area contributed by atoms with Gasteiger partial charge in [0.2, 0.25) is 0 Å². The topological polar surface area (TPSA) is 31.6 Å². The van der Waals surface area contributed by atoms with E-state index < -0.39 is 0 Å². The first kappa shape index (κ1) is 11.1. The molecule has 1 aromatic heterocycles. The largest absolute Gasteiger partial charge is 0.459 e. The summed E-state index contributed by atoms with van der Waals surface area (Å²) in [7, 11) is 0. The van der Waals surface area contributed by atoms with Crippen molar-refractivity contribution in [2.75, 3.05) is 0 Å². The van der Waals surface area contributed by atoms with E-state index in [1.807, 2.05) is 12.1 Å². The molecule has 1 aliphatic carbocycles. The lowest BCUT2D eigenvalue weighted by molar-refractivity contribution is -0.269. The van der Waals surface area contributed by atoms with Gasteiger partial charge in [-0.2, -0.15) is 0 Å². The molecule has 3 aliphatic rings. The van der Waals surface area contributed by atoms with Crippen molar-refractivity contribution in [2.24, 2.45) is 5.92 Å². The Bertz CT molecular complexity index is 396. The molecule has 0 spiro atoms. The Balaban J connectivity index is 1.80. The highest BCUT2D eigenvalue weighted by molar-refractivity contribution is 5.10. The van der Waals surface area contributed by atoms with Gasteiger partial charge in [-0.25, -0.2) is 0 Å². The van der Waals surface area contributed by atoms with Crippen LogP contribution in [-0.2, 0) is 4.74 Å². The lowest BCUT2D eigenvalue weighted by atomic mass is 9.67. The number of hydrogen-bond acceptors (Lipinski definition) is 3. The van der Waals surface area contributed by atoms with Crippen molar-refractivity contribution in [1.82, 2.24) is 0 Å². The second-order valence-electron chi connectivity index (χ2n) is 6.03. The fourth-order valence-electron chi connectivity index (χ4n) is 3.32. The van der Waals surface area contributed by atoms with Crippen LogP contribution in [0.4, 0.5) is 0 Å². The first-order chi connectivity index (χ1) is 8.00. The van der Waals surface area contributed by atoms with Crippen LogP contribution in [0.15, 0.2) is 22.8 Å². The van der Waals surface area contributed by atoms with Crippen LogP contribution in [0.3, 0.4) is 0 Å². The zero-order valence-corrected chi connectivity index (χ0v) is 10.7. The molecule has 0 amide bonds. The van der Waals surface area contributed by atoms with Gasteiger partial charge in [-0.15, -0.1) is 0 Å². The van der Waals surface area contributed by atoms with E-state index in [1.54, 1.807) is 6.26 Å². The SMILES string of the molecule is CC1(C)OC2(C)CCC1CC2Oc1ccco1. The molecule has 3 fully saturated rings. The molecule has 1 aromatic rings. The molecular formula is C14H20O3. The van der Waals surface area contributed by atoms with Crippen LogP contribution in [-0.4, -0.2) is 17.3 Å². The van der Waals surface area contributed by atoms with Gasteiger partial charge in [0.05, 0.1) is 11.9 Å². The predicted octanol–water partition coefficient (Wildman–Crippen LogP) is 3.39. The van der Waals surface area contributed by atoms with Crippen LogP contribution in [0.1, 0.15) is 40.0 Å². The van der Waals surface area contributed by atoms with Crippen molar-refractivity contribution in [2.45, 2.75) is 57.3 Å². The first-order valence-electron chi connectivity index (χ1n) is 6.40. The van der Waals surface area contributed by atoms with Gasteiger partial charge < -0.3 is 13.9 Å². The quantitative estimate of drug-likeness (QED) is 0.788. The summed E-state index contributed by atoms with van der Waals surface area (Å²) in [5.41, 5.74) is -0.193. The number of furan rings is 1. The van der Waals surface area contributed by atoms with Gasteiger partial charge in [0.1, 0.15) is 11.7 Å². The zero-order chi connectivity index (χ0) is 12.1. The summed E-state index contributed by atoms with van der Waals surface area (Å²) in [6, 6.07) is 3.71. The van der Waals surface area contributed by atoms with E-state index in [-0.39, 0.29) is 17.3 Å². The molecule has 3 heteroatoms. The van der Waals surface area contributed by atoms with Gasteiger partial charge in [-0.1, -0.05) is 0 Å². The lowest BCUT2D eigenvalue weighted by Gasteiger charge is -2.56. The van der Waals surface area contributed by atoms with Gasteiger partial charge in [-0.3, -0.25) is 0 Å². The van der Waals surface area contributed by atoms with Crippen molar-refractivity contribution in [1.29, 1.82) is 0 Å². The number of hydrogen-bond donors (Lipinski definition) is 0. The Morgan fingerprint density at radius 3 is 2.76 bits per heavy atom. The fraction of sp³-hybridized carbons (Fsp3) is 0.714. The smallest absolute Gasteiger partial charge is 0.284 e. The van der Waals surface area contributed by atoms with Gasteiger partial charge in [0.15, 0.2) is 0 Å². The average Bonchev–Trinajstić information content (AvgIpc) is 2.71. The number of fused-ring (bicyclic) bond motifs is 3. The molecular weight excluding hydrogens is 216 g/mol. The molecule has 0 N–H and O–H groups in total. The molecule has 3 atom stereocenters. The molecule has 2 aliphatic heterocycles. The maximum absolute atomic E-state index is 6.25. The lowest BCUT2D eigenvalue weighted by Crippen LogP contribution is -2.62. The van der Waals surface area contributed by atoms with Crippen molar-refractivity contribution in [3.63, 3.8) is 0 Å². The van der Waals surface area contributed by atoms with Crippen LogP contribution in [0, 0.1) is 5.92 Å². The standard InChI is InChI=1S/C14H20O3/c1-13(2)10-6-7-14(3,17-13)11(9-10)16-12-5-4-8-15-12/h4-5,8,10-11H,6-7,9H2,1-3H3. The summed E-state index contributed by atoms with van der Waals surface area (Å²) in [5.74, 6) is 1.19. The van der Waals surface area contributed by atoms with Gasteiger partial charge >= 0.3 is 0 Å². The van der Waals surface area contributed by atoms with Crippen molar-refractivity contribution >= 4 is 0 Å². The second-order valence-corrected chi connectivity index (χ2v) is 6.03. The van der Waals surface area contributed by atoms with E-state index in [0.717, 1.165) is 12.8 Å². The Labute approximate surface area is 102 Å². The van der Waals surface area contributed by atoms with Crippen LogP contribution in [0.2, 0.25) is 0 Å². The van der Waals surface area contributed by atoms with E-state index >= 15 is 0 Å². The summed E-state index contributed by atoms with van der Waals surface area (Å²) in [5, 5.41) is 0. The molecule has 2 bridgehead atoms. The van der Waals surface area contributed by atoms with Crippen LogP contribution < -0.4 is 4.74 Å². The van der Waals surface area contributed by atoms with Gasteiger partial charge in [0.25, 0.3) is 5.95 Å². The van der Waals surface area contributed by atoms with Crippen LogP contribution in [0.25, 0.3) is 0 Å². The third-order valence-electron chi connectivity index (χ3n) is 4.40. The molecule has 1 saturated carbocycles. The Kier molecular flexibility index (Phi) is 2.31. The molecule has 4 rings (SSSR count). The Hall–Kier alpha value is -0.960. The minimum Gasteiger partial charge on any atom is -0.459 e. The predicted molar refractivity (Wildman–Crippen MR) is 64.0 cm³/mol. The molecule has 0 aromatic carbocycles. The van der Waals surface area contributed by atoms with Gasteiger partial charge in [0, 0.05) is 6.07 Å². The fourth-order valence-corrected chi connectivity index (χ4v) is 3.32. The van der Waals surface area contributed by atoms with E-state index in [2.05, 4.69) is 20.8 Å². The zero-order valence-electron chi connectivity index (χ0n) is 10.7. The van der Waals surface area contributed by atoms with E-state index in [1.165, 1.54) is 6.42 Å². The summed E-state index contributed by atoms with van der Waals surface area (Å²) in [4.78, 5) is 0. The van der Waals surface area contributed by atoms with Crippen molar-refractivity contribution in [3.05, 3.63) is 18.4 Å². The van der Waals surface area contributed by atoms with E-state index in [0.29, 0.717) is 11.9 Å². The molecule has 2 saturated heterocycles.